The number of fused-ring (bicyclic) bond motifs is 3. The lowest BCUT2D eigenvalue weighted by Gasteiger charge is -2.26. The normalized spacial score (nSPS) is 16.7. The van der Waals surface area contributed by atoms with E-state index in [4.69, 9.17) is 10.5 Å². The van der Waals surface area contributed by atoms with Gasteiger partial charge in [0.1, 0.15) is 0 Å². The van der Waals surface area contributed by atoms with Crippen LogP contribution in [0.4, 0.5) is 0 Å². The number of morpholine rings is 1. The van der Waals surface area contributed by atoms with E-state index in [0.717, 1.165) is 30.8 Å². The summed E-state index contributed by atoms with van der Waals surface area (Å²) in [6, 6.07) is 15.1. The molecule has 6 heteroatoms. The van der Waals surface area contributed by atoms with Crippen molar-refractivity contribution in [1.82, 2.24) is 4.90 Å². The predicted molar refractivity (Wildman–Crippen MR) is 108 cm³/mol. The minimum absolute atomic E-state index is 0. The number of nitrogens with zero attached hydrogens (tertiary/aromatic N) is 3. The van der Waals surface area contributed by atoms with E-state index in [1.54, 1.807) is 0 Å². The van der Waals surface area contributed by atoms with Crippen molar-refractivity contribution in [3.63, 3.8) is 0 Å². The zero-order chi connectivity index (χ0) is 17.2. The topological polar surface area (TPSA) is 63.2 Å². The molecule has 0 unspecified atom stereocenters. The molecule has 0 bridgehead atoms. The highest BCUT2D eigenvalue weighted by Crippen LogP contribution is 2.36. The van der Waals surface area contributed by atoms with Crippen LogP contribution < -0.4 is 5.73 Å². The summed E-state index contributed by atoms with van der Waals surface area (Å²) in [5.41, 5.74) is 13.4. The van der Waals surface area contributed by atoms with Gasteiger partial charge in [0.05, 0.1) is 18.9 Å². The number of nitrogens with two attached hydrogens (primary N) is 1. The molecular formula is C20H23ClN4O. The van der Waals surface area contributed by atoms with Gasteiger partial charge in [0, 0.05) is 13.1 Å². The Morgan fingerprint density at radius 1 is 1.00 bits per heavy atom. The van der Waals surface area contributed by atoms with Crippen molar-refractivity contribution in [2.24, 2.45) is 15.9 Å². The minimum Gasteiger partial charge on any atom is -0.378 e. The van der Waals surface area contributed by atoms with Crippen LogP contribution in [0.1, 0.15) is 23.6 Å². The molecule has 1 fully saturated rings. The van der Waals surface area contributed by atoms with Crippen molar-refractivity contribution >= 4 is 24.1 Å². The van der Waals surface area contributed by atoms with E-state index in [1.807, 2.05) is 11.8 Å². The molecule has 4 rings (SSSR count). The van der Waals surface area contributed by atoms with Crippen LogP contribution >= 0.6 is 12.4 Å². The van der Waals surface area contributed by atoms with Gasteiger partial charge in [-0.1, -0.05) is 36.4 Å². The molecule has 0 amide bonds. The Balaban J connectivity index is 0.00000196. The molecule has 1 heterocycles. The van der Waals surface area contributed by atoms with E-state index in [9.17, 15) is 0 Å². The molecule has 26 heavy (non-hydrogen) atoms. The molecule has 0 spiro atoms. The molecule has 1 aliphatic carbocycles. The number of hydrogen-bond donors (Lipinski definition) is 1. The first kappa shape index (κ1) is 18.4. The molecule has 0 saturated carbocycles. The maximum atomic E-state index is 6.04. The Bertz CT molecular complexity index is 857. The molecule has 1 saturated heterocycles. The van der Waals surface area contributed by atoms with Crippen LogP contribution in [-0.2, 0) is 11.2 Å². The summed E-state index contributed by atoms with van der Waals surface area (Å²) in [4.78, 5) is 2.00. The van der Waals surface area contributed by atoms with E-state index in [1.165, 1.54) is 22.3 Å². The highest BCUT2D eigenvalue weighted by Gasteiger charge is 2.18. The Morgan fingerprint density at radius 3 is 2.54 bits per heavy atom. The molecule has 1 aliphatic heterocycles. The average Bonchev–Trinajstić information content (AvgIpc) is 3.04. The predicted octanol–water partition coefficient (Wildman–Crippen LogP) is 3.05. The third-order valence-electron chi connectivity index (χ3n) is 4.85. The molecular weight excluding hydrogens is 348 g/mol. The van der Waals surface area contributed by atoms with Crippen LogP contribution in [0, 0.1) is 0 Å². The summed E-state index contributed by atoms with van der Waals surface area (Å²) in [5, 5.41) is 8.55. The van der Waals surface area contributed by atoms with Crippen molar-refractivity contribution in [2.45, 2.75) is 13.3 Å². The lowest BCUT2D eigenvalue weighted by atomic mass is 10.0. The van der Waals surface area contributed by atoms with Gasteiger partial charge >= 0.3 is 0 Å². The molecule has 0 radical (unpaired) electrons. The first-order valence-corrected chi connectivity index (χ1v) is 8.64. The molecule has 2 aliphatic rings. The summed E-state index contributed by atoms with van der Waals surface area (Å²) in [6.45, 7) is 4.87. The van der Waals surface area contributed by atoms with E-state index < -0.39 is 0 Å². The summed E-state index contributed by atoms with van der Waals surface area (Å²) in [7, 11) is 0. The van der Waals surface area contributed by atoms with Crippen molar-refractivity contribution in [1.29, 1.82) is 0 Å². The first-order chi connectivity index (χ1) is 12.2. The standard InChI is InChI=1S/C20H22N4O.ClH/c1-14(22-23-20(21)24-8-10-25-11-9-24)15-6-7-19-17(12-15)13-16-4-2-3-5-18(16)19;/h2-7,12H,8-11,13H2,1H3,(H2,21,23);1H/b22-14+;. The Labute approximate surface area is 160 Å². The van der Waals surface area contributed by atoms with Crippen LogP contribution in [0.2, 0.25) is 0 Å². The fourth-order valence-electron chi connectivity index (χ4n) is 3.41. The van der Waals surface area contributed by atoms with Crippen LogP contribution in [0.25, 0.3) is 11.1 Å². The Hall–Kier alpha value is -2.37. The zero-order valence-electron chi connectivity index (χ0n) is 14.8. The largest absolute Gasteiger partial charge is 0.378 e. The zero-order valence-corrected chi connectivity index (χ0v) is 15.6. The molecule has 136 valence electrons. The fraction of sp³-hybridized carbons (Fsp3) is 0.300. The number of hydrogen-bond acceptors (Lipinski definition) is 3. The molecule has 2 N–H and O–H groups in total. The summed E-state index contributed by atoms with van der Waals surface area (Å²) in [6.07, 6.45) is 0.978. The molecule has 2 aromatic rings. The van der Waals surface area contributed by atoms with E-state index in [2.05, 4.69) is 52.7 Å². The van der Waals surface area contributed by atoms with Gasteiger partial charge in [0.15, 0.2) is 0 Å². The summed E-state index contributed by atoms with van der Waals surface area (Å²) in [5.74, 6) is 0.455. The van der Waals surface area contributed by atoms with Gasteiger partial charge in [-0.15, -0.1) is 17.5 Å². The van der Waals surface area contributed by atoms with Gasteiger partial charge in [0.25, 0.3) is 0 Å². The number of benzene rings is 2. The lowest BCUT2D eigenvalue weighted by Crippen LogP contribution is -2.44. The van der Waals surface area contributed by atoms with Crippen LogP contribution in [0.3, 0.4) is 0 Å². The number of rotatable bonds is 2. The Morgan fingerprint density at radius 2 is 1.73 bits per heavy atom. The maximum Gasteiger partial charge on any atom is 0.216 e. The highest BCUT2D eigenvalue weighted by atomic mass is 35.5. The van der Waals surface area contributed by atoms with Gasteiger partial charge in [-0.3, -0.25) is 0 Å². The van der Waals surface area contributed by atoms with Crippen LogP contribution in [0.5, 0.6) is 0 Å². The highest BCUT2D eigenvalue weighted by molar-refractivity contribution is 6.00. The molecule has 2 aromatic carbocycles. The number of guanidine groups is 1. The van der Waals surface area contributed by atoms with Gasteiger partial charge in [0.2, 0.25) is 5.96 Å². The summed E-state index contributed by atoms with van der Waals surface area (Å²) >= 11 is 0. The Kier molecular flexibility index (Phi) is 5.59. The van der Waals surface area contributed by atoms with Gasteiger partial charge in [-0.05, 0) is 47.2 Å². The molecule has 0 aromatic heterocycles. The summed E-state index contributed by atoms with van der Waals surface area (Å²) < 4.78 is 5.33. The van der Waals surface area contributed by atoms with Crippen molar-refractivity contribution in [2.75, 3.05) is 26.3 Å². The van der Waals surface area contributed by atoms with Crippen molar-refractivity contribution in [3.8, 4) is 11.1 Å². The van der Waals surface area contributed by atoms with E-state index in [0.29, 0.717) is 19.2 Å². The second kappa shape index (κ2) is 7.89. The van der Waals surface area contributed by atoms with Crippen molar-refractivity contribution in [3.05, 3.63) is 59.2 Å². The maximum absolute atomic E-state index is 6.04. The first-order valence-electron chi connectivity index (χ1n) is 8.64. The monoisotopic (exact) mass is 370 g/mol. The van der Waals surface area contributed by atoms with Crippen molar-refractivity contribution < 1.29 is 4.74 Å². The van der Waals surface area contributed by atoms with Gasteiger partial charge < -0.3 is 15.4 Å². The smallest absolute Gasteiger partial charge is 0.216 e. The third-order valence-corrected chi connectivity index (χ3v) is 4.85. The minimum atomic E-state index is 0. The number of halogens is 1. The molecule has 5 nitrogen and oxygen atoms in total. The average molecular weight is 371 g/mol. The van der Waals surface area contributed by atoms with Gasteiger partial charge in [-0.25, -0.2) is 0 Å². The van der Waals surface area contributed by atoms with Crippen LogP contribution in [-0.4, -0.2) is 42.9 Å². The quantitative estimate of drug-likeness (QED) is 0.428. The number of ether oxygens (including phenoxy) is 1. The third kappa shape index (κ3) is 3.59. The van der Waals surface area contributed by atoms with Crippen LogP contribution in [0.15, 0.2) is 52.7 Å². The van der Waals surface area contributed by atoms with E-state index >= 15 is 0 Å². The second-order valence-corrected chi connectivity index (χ2v) is 6.45. The SMILES string of the molecule is C/C(=N\N=C(\N)N1CCOCC1)c1ccc2c(c1)Cc1ccccc1-2.Cl. The molecule has 0 atom stereocenters. The fourth-order valence-corrected chi connectivity index (χ4v) is 3.41. The second-order valence-electron chi connectivity index (χ2n) is 6.45. The lowest BCUT2D eigenvalue weighted by molar-refractivity contribution is 0.0674. The van der Waals surface area contributed by atoms with Gasteiger partial charge in [-0.2, -0.15) is 5.10 Å². The van der Waals surface area contributed by atoms with E-state index in [-0.39, 0.29) is 12.4 Å².